The van der Waals surface area contributed by atoms with E-state index in [0.717, 1.165) is 31.9 Å². The summed E-state index contributed by atoms with van der Waals surface area (Å²) in [7, 11) is 2.22. The summed E-state index contributed by atoms with van der Waals surface area (Å²) in [5.41, 5.74) is 5.51. The van der Waals surface area contributed by atoms with Gasteiger partial charge in [-0.05, 0) is 36.8 Å². The van der Waals surface area contributed by atoms with Gasteiger partial charge >= 0.3 is 0 Å². The number of benzene rings is 1. The number of hydrogen-bond acceptors (Lipinski definition) is 2. The van der Waals surface area contributed by atoms with Gasteiger partial charge in [-0.1, -0.05) is 12.1 Å². The fourth-order valence-electron chi connectivity index (χ4n) is 2.03. The van der Waals surface area contributed by atoms with Gasteiger partial charge in [-0.25, -0.2) is 5.01 Å². The highest BCUT2D eigenvalue weighted by Crippen LogP contribution is 2.09. The number of aryl methyl sites for hydroxylation is 1. The molecule has 1 fully saturated rings. The Labute approximate surface area is 114 Å². The molecule has 0 saturated carbocycles. The molecule has 1 aromatic carbocycles. The quantitative estimate of drug-likeness (QED) is 0.659. The Hall–Kier alpha value is -1.17. The molecular formula is C13H21N4S+. The Morgan fingerprint density at radius 1 is 1.33 bits per heavy atom. The number of thiocarbonyl (C=S) groups is 1. The van der Waals surface area contributed by atoms with Crippen LogP contribution in [-0.2, 0) is 0 Å². The van der Waals surface area contributed by atoms with Gasteiger partial charge < -0.3 is 10.2 Å². The summed E-state index contributed by atoms with van der Waals surface area (Å²) in [5, 5.41) is 6.06. The third-order valence-corrected chi connectivity index (χ3v) is 3.35. The maximum absolute atomic E-state index is 5.32. The average Bonchev–Trinajstić information content (AvgIpc) is 2.32. The number of hydrogen-bond donors (Lipinski definition) is 3. The fraction of sp³-hybridized carbons (Fsp3) is 0.462. The number of nitrogens with zero attached hydrogens (tertiary/aromatic N) is 1. The first-order valence-corrected chi connectivity index (χ1v) is 6.75. The van der Waals surface area contributed by atoms with Gasteiger partial charge in [-0.3, -0.25) is 5.43 Å². The maximum Gasteiger partial charge on any atom is 0.185 e. The highest BCUT2D eigenvalue weighted by atomic mass is 32.1. The largest absolute Gasteiger partial charge is 0.335 e. The Morgan fingerprint density at radius 2 is 2.06 bits per heavy atom. The predicted molar refractivity (Wildman–Crippen MR) is 78.7 cm³/mol. The zero-order valence-electron chi connectivity index (χ0n) is 11.0. The van der Waals surface area contributed by atoms with E-state index in [1.807, 2.05) is 12.1 Å². The summed E-state index contributed by atoms with van der Waals surface area (Å²) in [6, 6.07) is 8.21. The van der Waals surface area contributed by atoms with Crippen molar-refractivity contribution in [1.82, 2.24) is 10.4 Å². The van der Waals surface area contributed by atoms with Crippen LogP contribution in [-0.4, -0.2) is 43.3 Å². The molecule has 0 atom stereocenters. The van der Waals surface area contributed by atoms with E-state index in [1.165, 1.54) is 5.56 Å². The lowest BCUT2D eigenvalue weighted by atomic mass is 10.2. The molecule has 1 aromatic rings. The van der Waals surface area contributed by atoms with Gasteiger partial charge in [-0.2, -0.15) is 0 Å². The van der Waals surface area contributed by atoms with Crippen LogP contribution in [0.3, 0.4) is 0 Å². The lowest BCUT2D eigenvalue weighted by molar-refractivity contribution is -0.884. The monoisotopic (exact) mass is 265 g/mol. The first-order valence-electron chi connectivity index (χ1n) is 6.34. The van der Waals surface area contributed by atoms with Crippen molar-refractivity contribution in [3.63, 3.8) is 0 Å². The standard InChI is InChI=1S/C13H20N4S/c1-11-4-3-5-12(10-11)14-13(18)15-17-8-6-16(2)7-9-17/h3-5,10H,6-9H2,1-2H3,(H2,14,15,18)/p+1. The Morgan fingerprint density at radius 3 is 2.72 bits per heavy atom. The van der Waals surface area contributed by atoms with Crippen LogP contribution in [0.1, 0.15) is 5.56 Å². The van der Waals surface area contributed by atoms with Gasteiger partial charge in [0, 0.05) is 5.69 Å². The number of hydrazine groups is 1. The lowest BCUT2D eigenvalue weighted by Gasteiger charge is -2.31. The molecule has 0 bridgehead atoms. The van der Waals surface area contributed by atoms with Crippen LogP contribution in [0.15, 0.2) is 24.3 Å². The predicted octanol–water partition coefficient (Wildman–Crippen LogP) is 0.0267. The molecule has 1 heterocycles. The van der Waals surface area contributed by atoms with E-state index in [9.17, 15) is 0 Å². The number of likely N-dealkylation sites (N-methyl/N-ethyl adjacent to an activating group) is 1. The van der Waals surface area contributed by atoms with Gasteiger partial charge in [0.15, 0.2) is 5.11 Å². The summed E-state index contributed by atoms with van der Waals surface area (Å²) in [6.07, 6.45) is 0. The second-order valence-electron chi connectivity index (χ2n) is 4.88. The van der Waals surface area contributed by atoms with Crippen molar-refractivity contribution in [2.24, 2.45) is 0 Å². The summed E-state index contributed by atoms with van der Waals surface area (Å²) in [5.74, 6) is 0. The molecule has 3 N–H and O–H groups in total. The Balaban J connectivity index is 1.82. The number of quaternary nitrogens is 1. The van der Waals surface area contributed by atoms with E-state index in [1.54, 1.807) is 4.90 Å². The number of anilines is 1. The van der Waals surface area contributed by atoms with Gasteiger partial charge in [0.25, 0.3) is 0 Å². The molecule has 1 aliphatic heterocycles. The normalized spacial score (nSPS) is 17.4. The van der Waals surface area contributed by atoms with Crippen molar-refractivity contribution < 1.29 is 4.90 Å². The van der Waals surface area contributed by atoms with Crippen molar-refractivity contribution in [3.05, 3.63) is 29.8 Å². The third-order valence-electron chi connectivity index (χ3n) is 3.15. The Bertz CT molecular complexity index is 413. The van der Waals surface area contributed by atoms with Crippen LogP contribution in [0.4, 0.5) is 5.69 Å². The molecule has 5 heteroatoms. The van der Waals surface area contributed by atoms with Crippen molar-refractivity contribution in [2.45, 2.75) is 6.92 Å². The fourth-order valence-corrected chi connectivity index (χ4v) is 2.27. The van der Waals surface area contributed by atoms with Gasteiger partial charge in [0.05, 0.1) is 33.2 Å². The van der Waals surface area contributed by atoms with Crippen LogP contribution < -0.4 is 15.6 Å². The van der Waals surface area contributed by atoms with E-state index in [0.29, 0.717) is 5.11 Å². The molecule has 1 aliphatic rings. The molecular weight excluding hydrogens is 244 g/mol. The molecule has 0 spiro atoms. The summed E-state index contributed by atoms with van der Waals surface area (Å²) >= 11 is 5.32. The second kappa shape index (κ2) is 6.13. The maximum atomic E-state index is 5.32. The first kappa shape index (κ1) is 13.3. The van der Waals surface area contributed by atoms with Crippen molar-refractivity contribution in [2.75, 3.05) is 38.5 Å². The number of nitrogens with one attached hydrogen (secondary N) is 3. The van der Waals surface area contributed by atoms with E-state index in [2.05, 4.69) is 41.9 Å². The highest BCUT2D eigenvalue weighted by molar-refractivity contribution is 7.80. The number of piperazine rings is 1. The molecule has 4 nitrogen and oxygen atoms in total. The highest BCUT2D eigenvalue weighted by Gasteiger charge is 2.16. The summed E-state index contributed by atoms with van der Waals surface area (Å²) in [4.78, 5) is 1.57. The molecule has 2 rings (SSSR count). The van der Waals surface area contributed by atoms with Crippen LogP contribution in [0.25, 0.3) is 0 Å². The molecule has 18 heavy (non-hydrogen) atoms. The van der Waals surface area contributed by atoms with Gasteiger partial charge in [0.1, 0.15) is 0 Å². The average molecular weight is 265 g/mol. The molecule has 0 aromatic heterocycles. The second-order valence-corrected chi connectivity index (χ2v) is 5.29. The van der Waals surface area contributed by atoms with Crippen molar-refractivity contribution in [3.8, 4) is 0 Å². The van der Waals surface area contributed by atoms with Gasteiger partial charge in [0.2, 0.25) is 0 Å². The smallest absolute Gasteiger partial charge is 0.185 e. The van der Waals surface area contributed by atoms with Crippen LogP contribution >= 0.6 is 12.2 Å². The van der Waals surface area contributed by atoms with E-state index in [4.69, 9.17) is 12.2 Å². The minimum absolute atomic E-state index is 0.667. The number of rotatable bonds is 2. The van der Waals surface area contributed by atoms with Crippen LogP contribution in [0, 0.1) is 6.92 Å². The van der Waals surface area contributed by atoms with Crippen LogP contribution in [0.2, 0.25) is 0 Å². The minimum Gasteiger partial charge on any atom is -0.335 e. The summed E-state index contributed by atoms with van der Waals surface area (Å²) in [6.45, 7) is 6.44. The van der Waals surface area contributed by atoms with Crippen molar-refractivity contribution in [1.29, 1.82) is 0 Å². The molecule has 0 amide bonds. The zero-order valence-corrected chi connectivity index (χ0v) is 11.8. The van der Waals surface area contributed by atoms with Crippen LogP contribution in [0.5, 0.6) is 0 Å². The molecule has 98 valence electrons. The third kappa shape index (κ3) is 3.94. The molecule has 0 aliphatic carbocycles. The Kier molecular flexibility index (Phi) is 4.52. The van der Waals surface area contributed by atoms with E-state index in [-0.39, 0.29) is 0 Å². The van der Waals surface area contributed by atoms with Gasteiger partial charge in [-0.15, -0.1) is 0 Å². The van der Waals surface area contributed by atoms with Crippen molar-refractivity contribution >= 4 is 23.0 Å². The minimum atomic E-state index is 0.667. The SMILES string of the molecule is Cc1cccc(NC(=S)NN2CC[NH+](C)CC2)c1. The molecule has 0 unspecified atom stereocenters. The lowest BCUT2D eigenvalue weighted by Crippen LogP contribution is -3.12. The summed E-state index contributed by atoms with van der Waals surface area (Å²) < 4.78 is 0. The first-order chi connectivity index (χ1) is 8.63. The topological polar surface area (TPSA) is 31.7 Å². The molecule has 1 saturated heterocycles. The molecule has 0 radical (unpaired) electrons. The zero-order chi connectivity index (χ0) is 13.0. The van der Waals surface area contributed by atoms with E-state index < -0.39 is 0 Å². The van der Waals surface area contributed by atoms with E-state index >= 15 is 0 Å².